The van der Waals surface area contributed by atoms with Crippen molar-refractivity contribution < 1.29 is 18.7 Å². The lowest BCUT2D eigenvalue weighted by Gasteiger charge is -2.12. The van der Waals surface area contributed by atoms with Crippen LogP contribution < -0.4 is 10.1 Å². The summed E-state index contributed by atoms with van der Waals surface area (Å²) in [5.41, 5.74) is 1.47. The third-order valence-corrected chi connectivity index (χ3v) is 2.85. The van der Waals surface area contributed by atoms with Crippen LogP contribution in [-0.2, 0) is 4.74 Å². The van der Waals surface area contributed by atoms with Gasteiger partial charge in [0.25, 0.3) is 0 Å². The lowest BCUT2D eigenvalue weighted by molar-refractivity contribution is 0.0527. The highest BCUT2D eigenvalue weighted by Crippen LogP contribution is 2.25. The Morgan fingerprint density at radius 3 is 2.67 bits per heavy atom. The summed E-state index contributed by atoms with van der Waals surface area (Å²) in [4.78, 5) is 11.9. The number of carbonyl (C=O) groups is 1. The van der Waals surface area contributed by atoms with Gasteiger partial charge in [0.2, 0.25) is 0 Å². The van der Waals surface area contributed by atoms with Gasteiger partial charge in [0.15, 0.2) is 11.6 Å². The average molecular weight is 289 g/mol. The number of hydrogen-bond donors (Lipinski definition) is 1. The molecule has 4 nitrogen and oxygen atoms in total. The van der Waals surface area contributed by atoms with Crippen molar-refractivity contribution in [3.05, 3.63) is 53.8 Å². The second-order valence-corrected chi connectivity index (χ2v) is 4.24. The van der Waals surface area contributed by atoms with E-state index in [1.54, 1.807) is 37.3 Å². The first kappa shape index (κ1) is 14.8. The van der Waals surface area contributed by atoms with Crippen molar-refractivity contribution in [1.82, 2.24) is 0 Å². The summed E-state index contributed by atoms with van der Waals surface area (Å²) in [5, 5.41) is 3.01. The van der Waals surface area contributed by atoms with E-state index in [1.807, 2.05) is 0 Å². The van der Waals surface area contributed by atoms with Crippen LogP contribution in [0, 0.1) is 5.82 Å². The summed E-state index contributed by atoms with van der Waals surface area (Å²) in [6.45, 7) is 2.04. The summed E-state index contributed by atoms with van der Waals surface area (Å²) < 4.78 is 23.5. The van der Waals surface area contributed by atoms with E-state index in [1.165, 1.54) is 19.2 Å². The molecule has 0 aliphatic carbocycles. The molecule has 0 atom stereocenters. The standard InChI is InChI=1S/C16H16FNO3/c1-3-21-16(19)12-6-4-5-7-14(12)18-11-8-9-15(20-2)13(17)10-11/h4-10,18H,3H2,1-2H3. The maximum Gasteiger partial charge on any atom is 0.340 e. The van der Waals surface area contributed by atoms with Crippen molar-refractivity contribution >= 4 is 17.3 Å². The smallest absolute Gasteiger partial charge is 0.340 e. The zero-order valence-corrected chi connectivity index (χ0v) is 11.9. The van der Waals surface area contributed by atoms with E-state index in [4.69, 9.17) is 9.47 Å². The number of rotatable bonds is 5. The normalized spacial score (nSPS) is 10.0. The van der Waals surface area contributed by atoms with E-state index >= 15 is 0 Å². The first-order valence-corrected chi connectivity index (χ1v) is 6.52. The number of nitrogens with one attached hydrogen (secondary N) is 1. The predicted octanol–water partition coefficient (Wildman–Crippen LogP) is 3.75. The van der Waals surface area contributed by atoms with Crippen LogP contribution in [0.3, 0.4) is 0 Å². The molecule has 2 rings (SSSR count). The highest BCUT2D eigenvalue weighted by atomic mass is 19.1. The van der Waals surface area contributed by atoms with Crippen molar-refractivity contribution in [2.24, 2.45) is 0 Å². The van der Waals surface area contributed by atoms with Gasteiger partial charge in [-0.25, -0.2) is 9.18 Å². The number of halogens is 1. The molecular weight excluding hydrogens is 273 g/mol. The van der Waals surface area contributed by atoms with E-state index in [2.05, 4.69) is 5.32 Å². The Balaban J connectivity index is 2.27. The highest BCUT2D eigenvalue weighted by Gasteiger charge is 2.12. The van der Waals surface area contributed by atoms with Crippen LogP contribution in [0.2, 0.25) is 0 Å². The van der Waals surface area contributed by atoms with Crippen molar-refractivity contribution in [3.8, 4) is 5.75 Å². The van der Waals surface area contributed by atoms with Crippen LogP contribution in [0.1, 0.15) is 17.3 Å². The lowest BCUT2D eigenvalue weighted by atomic mass is 10.1. The molecule has 0 radical (unpaired) electrons. The molecule has 0 aliphatic heterocycles. The minimum absolute atomic E-state index is 0.166. The van der Waals surface area contributed by atoms with E-state index in [0.717, 1.165) is 0 Å². The molecule has 0 amide bonds. The Kier molecular flexibility index (Phi) is 4.77. The second-order valence-electron chi connectivity index (χ2n) is 4.24. The zero-order chi connectivity index (χ0) is 15.2. The van der Waals surface area contributed by atoms with E-state index < -0.39 is 11.8 Å². The molecule has 0 aliphatic rings. The van der Waals surface area contributed by atoms with Gasteiger partial charge in [0.05, 0.1) is 25.0 Å². The fraction of sp³-hybridized carbons (Fsp3) is 0.188. The number of para-hydroxylation sites is 1. The number of anilines is 2. The molecule has 0 heterocycles. The van der Waals surface area contributed by atoms with Crippen LogP contribution in [0.4, 0.5) is 15.8 Å². The lowest BCUT2D eigenvalue weighted by Crippen LogP contribution is -2.07. The molecule has 0 saturated carbocycles. The van der Waals surface area contributed by atoms with Gasteiger partial charge in [0.1, 0.15) is 0 Å². The molecule has 1 N–H and O–H groups in total. The number of carbonyl (C=O) groups excluding carboxylic acids is 1. The molecule has 0 fully saturated rings. The third kappa shape index (κ3) is 3.51. The summed E-state index contributed by atoms with van der Waals surface area (Å²) in [7, 11) is 1.40. The van der Waals surface area contributed by atoms with Gasteiger partial charge in [-0.05, 0) is 31.2 Å². The van der Waals surface area contributed by atoms with Crippen LogP contribution in [0.5, 0.6) is 5.75 Å². The van der Waals surface area contributed by atoms with E-state index in [0.29, 0.717) is 23.5 Å². The monoisotopic (exact) mass is 289 g/mol. The Labute approximate surface area is 122 Å². The molecular formula is C16H16FNO3. The number of hydrogen-bond acceptors (Lipinski definition) is 4. The molecule has 21 heavy (non-hydrogen) atoms. The number of benzene rings is 2. The van der Waals surface area contributed by atoms with Crippen LogP contribution in [-0.4, -0.2) is 19.7 Å². The van der Waals surface area contributed by atoms with Gasteiger partial charge in [0, 0.05) is 11.8 Å². The molecule has 110 valence electrons. The fourth-order valence-electron chi connectivity index (χ4n) is 1.88. The SMILES string of the molecule is CCOC(=O)c1ccccc1Nc1ccc(OC)c(F)c1. The molecule has 0 bridgehead atoms. The fourth-order valence-corrected chi connectivity index (χ4v) is 1.88. The molecule has 0 spiro atoms. The first-order valence-electron chi connectivity index (χ1n) is 6.52. The Hall–Kier alpha value is -2.56. The van der Waals surface area contributed by atoms with Crippen LogP contribution >= 0.6 is 0 Å². The zero-order valence-electron chi connectivity index (χ0n) is 11.9. The van der Waals surface area contributed by atoms with Gasteiger partial charge >= 0.3 is 5.97 Å². The Bertz CT molecular complexity index is 643. The molecule has 2 aromatic rings. The second kappa shape index (κ2) is 6.74. The van der Waals surface area contributed by atoms with Crippen LogP contribution in [0.15, 0.2) is 42.5 Å². The van der Waals surface area contributed by atoms with Crippen molar-refractivity contribution in [1.29, 1.82) is 0 Å². The number of esters is 1. The third-order valence-electron chi connectivity index (χ3n) is 2.85. The topological polar surface area (TPSA) is 47.6 Å². The number of ether oxygens (including phenoxy) is 2. The molecule has 0 saturated heterocycles. The van der Waals surface area contributed by atoms with Gasteiger partial charge in [-0.3, -0.25) is 0 Å². The van der Waals surface area contributed by atoms with Gasteiger partial charge in [-0.2, -0.15) is 0 Å². The van der Waals surface area contributed by atoms with Gasteiger partial charge in [-0.15, -0.1) is 0 Å². The minimum Gasteiger partial charge on any atom is -0.494 e. The molecule has 0 unspecified atom stereocenters. The van der Waals surface area contributed by atoms with Crippen molar-refractivity contribution in [3.63, 3.8) is 0 Å². The Morgan fingerprint density at radius 1 is 1.24 bits per heavy atom. The number of methoxy groups -OCH3 is 1. The molecule has 2 aromatic carbocycles. The summed E-state index contributed by atoms with van der Waals surface area (Å²) in [6, 6.07) is 11.4. The average Bonchev–Trinajstić information content (AvgIpc) is 2.48. The largest absolute Gasteiger partial charge is 0.494 e. The van der Waals surface area contributed by atoms with Crippen LogP contribution in [0.25, 0.3) is 0 Å². The molecule has 0 aromatic heterocycles. The quantitative estimate of drug-likeness (QED) is 0.851. The maximum atomic E-state index is 13.7. The van der Waals surface area contributed by atoms with Crippen molar-refractivity contribution in [2.45, 2.75) is 6.92 Å². The summed E-state index contributed by atoms with van der Waals surface area (Å²) in [5.74, 6) is -0.732. The van der Waals surface area contributed by atoms with Gasteiger partial charge in [-0.1, -0.05) is 12.1 Å². The predicted molar refractivity (Wildman–Crippen MR) is 78.6 cm³/mol. The Morgan fingerprint density at radius 2 is 2.00 bits per heavy atom. The van der Waals surface area contributed by atoms with E-state index in [-0.39, 0.29) is 5.75 Å². The summed E-state index contributed by atoms with van der Waals surface area (Å²) >= 11 is 0. The van der Waals surface area contributed by atoms with Gasteiger partial charge < -0.3 is 14.8 Å². The summed E-state index contributed by atoms with van der Waals surface area (Å²) in [6.07, 6.45) is 0. The first-order chi connectivity index (χ1) is 10.2. The molecule has 5 heteroatoms. The highest BCUT2D eigenvalue weighted by molar-refractivity contribution is 5.96. The minimum atomic E-state index is -0.476. The maximum absolute atomic E-state index is 13.7. The van der Waals surface area contributed by atoms with E-state index in [9.17, 15) is 9.18 Å². The van der Waals surface area contributed by atoms with Crippen molar-refractivity contribution in [2.75, 3.05) is 19.0 Å².